The second kappa shape index (κ2) is 9.79. The van der Waals surface area contributed by atoms with Gasteiger partial charge in [-0.15, -0.1) is 6.58 Å². The SMILES string of the molecule is C=CCC(C)C(C)CC(C)N.CC. The molecule has 0 fully saturated rings. The van der Waals surface area contributed by atoms with E-state index in [4.69, 9.17) is 5.73 Å². The van der Waals surface area contributed by atoms with Crippen LogP contribution in [0.15, 0.2) is 12.7 Å². The second-order valence-corrected chi connectivity index (χ2v) is 3.69. The Kier molecular flexibility index (Phi) is 11.4. The lowest BCUT2D eigenvalue weighted by molar-refractivity contribution is 0.347. The van der Waals surface area contributed by atoms with Crippen molar-refractivity contribution in [1.82, 2.24) is 0 Å². The molecular weight excluding hydrogens is 158 g/mol. The Morgan fingerprint density at radius 2 is 1.62 bits per heavy atom. The summed E-state index contributed by atoms with van der Waals surface area (Å²) in [4.78, 5) is 0. The fourth-order valence-electron chi connectivity index (χ4n) is 1.31. The summed E-state index contributed by atoms with van der Waals surface area (Å²) in [5.41, 5.74) is 5.70. The van der Waals surface area contributed by atoms with E-state index in [9.17, 15) is 0 Å². The fraction of sp³-hybridized carbons (Fsp3) is 0.833. The van der Waals surface area contributed by atoms with E-state index in [1.807, 2.05) is 19.9 Å². The Bertz CT molecular complexity index is 108. The van der Waals surface area contributed by atoms with Crippen molar-refractivity contribution in [3.8, 4) is 0 Å². The van der Waals surface area contributed by atoms with Crippen LogP contribution in [0.5, 0.6) is 0 Å². The first-order valence-electron chi connectivity index (χ1n) is 5.44. The zero-order chi connectivity index (χ0) is 10.9. The van der Waals surface area contributed by atoms with E-state index in [0.717, 1.165) is 18.8 Å². The molecule has 0 aliphatic rings. The largest absolute Gasteiger partial charge is 0.328 e. The number of hydrogen-bond donors (Lipinski definition) is 1. The second-order valence-electron chi connectivity index (χ2n) is 3.69. The van der Waals surface area contributed by atoms with E-state index in [1.165, 1.54) is 0 Å². The summed E-state index contributed by atoms with van der Waals surface area (Å²) in [7, 11) is 0. The van der Waals surface area contributed by atoms with Gasteiger partial charge in [0.25, 0.3) is 0 Å². The van der Waals surface area contributed by atoms with Crippen LogP contribution in [0.3, 0.4) is 0 Å². The normalized spacial score (nSPS) is 16.5. The van der Waals surface area contributed by atoms with Gasteiger partial charge in [0.2, 0.25) is 0 Å². The predicted octanol–water partition coefficient (Wildman–Crippen LogP) is 3.60. The van der Waals surface area contributed by atoms with Crippen molar-refractivity contribution in [2.75, 3.05) is 0 Å². The summed E-state index contributed by atoms with van der Waals surface area (Å²) < 4.78 is 0. The van der Waals surface area contributed by atoms with E-state index < -0.39 is 0 Å². The van der Waals surface area contributed by atoms with Crippen LogP contribution in [0.1, 0.15) is 47.5 Å². The van der Waals surface area contributed by atoms with Crippen LogP contribution in [0.4, 0.5) is 0 Å². The minimum absolute atomic E-state index is 0.331. The average molecular weight is 185 g/mol. The van der Waals surface area contributed by atoms with Gasteiger partial charge in [0.05, 0.1) is 0 Å². The van der Waals surface area contributed by atoms with Gasteiger partial charge < -0.3 is 5.73 Å². The van der Waals surface area contributed by atoms with Gasteiger partial charge in [0, 0.05) is 6.04 Å². The molecule has 0 aliphatic carbocycles. The lowest BCUT2D eigenvalue weighted by Gasteiger charge is -2.19. The van der Waals surface area contributed by atoms with Crippen LogP contribution in [-0.2, 0) is 0 Å². The van der Waals surface area contributed by atoms with E-state index in [2.05, 4.69) is 27.4 Å². The molecule has 0 aliphatic heterocycles. The van der Waals surface area contributed by atoms with Gasteiger partial charge in [-0.3, -0.25) is 0 Å². The molecule has 1 heteroatoms. The Balaban J connectivity index is 0. The van der Waals surface area contributed by atoms with Crippen LogP contribution < -0.4 is 5.73 Å². The first kappa shape index (κ1) is 15.2. The van der Waals surface area contributed by atoms with E-state index in [0.29, 0.717) is 12.0 Å². The summed E-state index contributed by atoms with van der Waals surface area (Å²) in [6, 6.07) is 0.331. The molecule has 0 aromatic carbocycles. The molecule has 0 radical (unpaired) electrons. The topological polar surface area (TPSA) is 26.0 Å². The maximum absolute atomic E-state index is 5.70. The first-order valence-corrected chi connectivity index (χ1v) is 5.44. The summed E-state index contributed by atoms with van der Waals surface area (Å²) >= 11 is 0. The Hall–Kier alpha value is -0.300. The van der Waals surface area contributed by atoms with Gasteiger partial charge in [-0.05, 0) is 31.6 Å². The molecule has 80 valence electrons. The zero-order valence-electron chi connectivity index (χ0n) is 10.0. The highest BCUT2D eigenvalue weighted by Gasteiger charge is 2.11. The molecule has 0 heterocycles. The van der Waals surface area contributed by atoms with Gasteiger partial charge >= 0.3 is 0 Å². The monoisotopic (exact) mass is 185 g/mol. The van der Waals surface area contributed by atoms with Crippen molar-refractivity contribution >= 4 is 0 Å². The molecule has 0 rings (SSSR count). The standard InChI is InChI=1S/C10H21N.C2H6/c1-5-6-8(2)9(3)7-10(4)11;1-2/h5,8-10H,1,6-7,11H2,2-4H3;1-2H3. The van der Waals surface area contributed by atoms with E-state index >= 15 is 0 Å². The maximum atomic E-state index is 5.70. The number of hydrogen-bond acceptors (Lipinski definition) is 1. The zero-order valence-corrected chi connectivity index (χ0v) is 10.0. The average Bonchev–Trinajstić information content (AvgIpc) is 2.07. The van der Waals surface area contributed by atoms with Crippen LogP contribution in [0.25, 0.3) is 0 Å². The molecule has 2 N–H and O–H groups in total. The summed E-state index contributed by atoms with van der Waals surface area (Å²) in [6.07, 6.45) is 4.21. The highest BCUT2D eigenvalue weighted by atomic mass is 14.6. The first-order chi connectivity index (χ1) is 6.07. The molecule has 0 saturated carbocycles. The van der Waals surface area contributed by atoms with E-state index in [-0.39, 0.29) is 0 Å². The van der Waals surface area contributed by atoms with Crippen LogP contribution >= 0.6 is 0 Å². The van der Waals surface area contributed by atoms with E-state index in [1.54, 1.807) is 0 Å². The molecule has 1 nitrogen and oxygen atoms in total. The molecule has 0 aromatic heterocycles. The highest BCUT2D eigenvalue weighted by molar-refractivity contribution is 4.75. The van der Waals surface area contributed by atoms with Crippen molar-refractivity contribution < 1.29 is 0 Å². The third-order valence-corrected chi connectivity index (χ3v) is 2.25. The van der Waals surface area contributed by atoms with Crippen LogP contribution in [-0.4, -0.2) is 6.04 Å². The minimum atomic E-state index is 0.331. The van der Waals surface area contributed by atoms with Gasteiger partial charge in [-0.1, -0.05) is 33.8 Å². The lowest BCUT2D eigenvalue weighted by Crippen LogP contribution is -2.21. The summed E-state index contributed by atoms with van der Waals surface area (Å²) in [6.45, 7) is 14.3. The third kappa shape index (κ3) is 9.62. The summed E-state index contributed by atoms with van der Waals surface area (Å²) in [5.74, 6) is 1.44. The van der Waals surface area contributed by atoms with Crippen molar-refractivity contribution in [1.29, 1.82) is 0 Å². The van der Waals surface area contributed by atoms with Crippen molar-refractivity contribution in [3.63, 3.8) is 0 Å². The van der Waals surface area contributed by atoms with Crippen LogP contribution in [0, 0.1) is 11.8 Å². The predicted molar refractivity (Wildman–Crippen MR) is 62.8 cm³/mol. The number of rotatable bonds is 5. The number of nitrogens with two attached hydrogens (primary N) is 1. The molecule has 0 bridgehead atoms. The Morgan fingerprint density at radius 1 is 1.15 bits per heavy atom. The molecule has 13 heavy (non-hydrogen) atoms. The van der Waals surface area contributed by atoms with Gasteiger partial charge in [-0.2, -0.15) is 0 Å². The lowest BCUT2D eigenvalue weighted by atomic mass is 9.88. The van der Waals surface area contributed by atoms with Gasteiger partial charge in [0.15, 0.2) is 0 Å². The van der Waals surface area contributed by atoms with Crippen LogP contribution in [0.2, 0.25) is 0 Å². The maximum Gasteiger partial charge on any atom is 0.00131 e. The summed E-state index contributed by atoms with van der Waals surface area (Å²) in [5, 5.41) is 0. The highest BCUT2D eigenvalue weighted by Crippen LogP contribution is 2.19. The molecule has 0 saturated heterocycles. The molecule has 0 amide bonds. The molecule has 3 atom stereocenters. The third-order valence-electron chi connectivity index (χ3n) is 2.25. The smallest absolute Gasteiger partial charge is 0.00131 e. The number of allylic oxidation sites excluding steroid dienone is 1. The molecular formula is C12H27N. The van der Waals surface area contributed by atoms with Crippen molar-refractivity contribution in [2.24, 2.45) is 17.6 Å². The molecule has 0 aromatic rings. The molecule has 0 spiro atoms. The molecule has 3 unspecified atom stereocenters. The van der Waals surface area contributed by atoms with Crippen molar-refractivity contribution in [2.45, 2.75) is 53.5 Å². The quantitative estimate of drug-likeness (QED) is 0.651. The fourth-order valence-corrected chi connectivity index (χ4v) is 1.31. The Morgan fingerprint density at radius 3 is 1.92 bits per heavy atom. The Labute approximate surface area is 84.4 Å². The van der Waals surface area contributed by atoms with Gasteiger partial charge in [-0.25, -0.2) is 0 Å². The van der Waals surface area contributed by atoms with Crippen molar-refractivity contribution in [3.05, 3.63) is 12.7 Å². The minimum Gasteiger partial charge on any atom is -0.328 e. The van der Waals surface area contributed by atoms with Gasteiger partial charge in [0.1, 0.15) is 0 Å².